The highest BCUT2D eigenvalue weighted by Gasteiger charge is 2.34. The summed E-state index contributed by atoms with van der Waals surface area (Å²) in [6.07, 6.45) is 1.20. The van der Waals surface area contributed by atoms with E-state index in [4.69, 9.17) is 15.2 Å². The average molecular weight is 262 g/mol. The molecule has 1 aliphatic heterocycles. The van der Waals surface area contributed by atoms with Crippen LogP contribution >= 0.6 is 0 Å². The summed E-state index contributed by atoms with van der Waals surface area (Å²) < 4.78 is 10.5. The van der Waals surface area contributed by atoms with Crippen molar-refractivity contribution in [2.45, 2.75) is 13.3 Å². The largest absolute Gasteiger partial charge is 0.454 e. The smallest absolute Gasteiger partial charge is 0.255 e. The fourth-order valence-corrected chi connectivity index (χ4v) is 2.44. The van der Waals surface area contributed by atoms with E-state index in [1.54, 1.807) is 17.0 Å². The molecule has 1 aliphatic carbocycles. The summed E-state index contributed by atoms with van der Waals surface area (Å²) in [5, 5.41) is 0. The van der Waals surface area contributed by atoms with Gasteiger partial charge in [0.1, 0.15) is 0 Å². The SMILES string of the molecule is CC1CC1CN(C)C(=O)c1cc2c(cc1N)OCO2. The molecule has 1 fully saturated rings. The molecule has 2 atom stereocenters. The number of anilines is 1. The van der Waals surface area contributed by atoms with Gasteiger partial charge in [0.15, 0.2) is 11.5 Å². The second-order valence-corrected chi connectivity index (χ2v) is 5.45. The van der Waals surface area contributed by atoms with Gasteiger partial charge in [-0.25, -0.2) is 0 Å². The predicted molar refractivity (Wildman–Crippen MR) is 71.2 cm³/mol. The number of rotatable bonds is 3. The van der Waals surface area contributed by atoms with E-state index >= 15 is 0 Å². The molecule has 0 aromatic heterocycles. The van der Waals surface area contributed by atoms with Crippen LogP contribution in [0.1, 0.15) is 23.7 Å². The highest BCUT2D eigenvalue weighted by Crippen LogP contribution is 2.39. The third kappa shape index (κ3) is 2.20. The predicted octanol–water partition coefficient (Wildman–Crippen LogP) is 1.73. The minimum atomic E-state index is -0.0603. The lowest BCUT2D eigenvalue weighted by atomic mass is 10.1. The van der Waals surface area contributed by atoms with Gasteiger partial charge < -0.3 is 20.1 Å². The van der Waals surface area contributed by atoms with Gasteiger partial charge in [-0.1, -0.05) is 6.92 Å². The number of nitrogen functional groups attached to an aromatic ring is 1. The van der Waals surface area contributed by atoms with Gasteiger partial charge in [0.25, 0.3) is 5.91 Å². The summed E-state index contributed by atoms with van der Waals surface area (Å²) in [4.78, 5) is 14.1. The van der Waals surface area contributed by atoms with Crippen molar-refractivity contribution in [1.82, 2.24) is 4.90 Å². The van der Waals surface area contributed by atoms with Crippen LogP contribution in [-0.2, 0) is 0 Å². The van der Waals surface area contributed by atoms with Crippen LogP contribution in [0, 0.1) is 11.8 Å². The van der Waals surface area contributed by atoms with Crippen molar-refractivity contribution in [2.24, 2.45) is 11.8 Å². The first-order valence-electron chi connectivity index (χ1n) is 6.51. The monoisotopic (exact) mass is 262 g/mol. The number of hydrogen-bond donors (Lipinski definition) is 1. The zero-order valence-electron chi connectivity index (χ0n) is 11.2. The van der Waals surface area contributed by atoms with Gasteiger partial charge in [-0.15, -0.1) is 0 Å². The zero-order chi connectivity index (χ0) is 13.6. The number of benzene rings is 1. The van der Waals surface area contributed by atoms with Crippen molar-refractivity contribution in [2.75, 3.05) is 26.1 Å². The van der Waals surface area contributed by atoms with Gasteiger partial charge in [-0.3, -0.25) is 4.79 Å². The molecule has 19 heavy (non-hydrogen) atoms. The Kier molecular flexibility index (Phi) is 2.77. The molecule has 1 saturated carbocycles. The minimum absolute atomic E-state index is 0.0603. The highest BCUT2D eigenvalue weighted by atomic mass is 16.7. The van der Waals surface area contributed by atoms with E-state index in [-0.39, 0.29) is 12.7 Å². The number of ether oxygens (including phenoxy) is 2. The van der Waals surface area contributed by atoms with Crippen molar-refractivity contribution >= 4 is 11.6 Å². The molecule has 0 saturated heterocycles. The molecule has 5 heteroatoms. The Bertz CT molecular complexity index is 530. The summed E-state index contributed by atoms with van der Waals surface area (Å²) in [6, 6.07) is 3.33. The lowest BCUT2D eigenvalue weighted by molar-refractivity contribution is 0.0787. The van der Waals surface area contributed by atoms with Crippen LogP contribution in [0.5, 0.6) is 11.5 Å². The van der Waals surface area contributed by atoms with E-state index in [1.165, 1.54) is 6.42 Å². The molecule has 1 amide bonds. The number of carbonyl (C=O) groups is 1. The van der Waals surface area contributed by atoms with E-state index in [1.807, 2.05) is 7.05 Å². The lowest BCUT2D eigenvalue weighted by Gasteiger charge is -2.18. The van der Waals surface area contributed by atoms with Crippen LogP contribution in [0.2, 0.25) is 0 Å². The molecule has 1 aromatic rings. The third-order valence-electron chi connectivity index (χ3n) is 3.91. The first kappa shape index (κ1) is 12.1. The molecule has 0 spiro atoms. The van der Waals surface area contributed by atoms with Gasteiger partial charge in [-0.05, 0) is 24.3 Å². The Labute approximate surface area is 112 Å². The molecular weight excluding hydrogens is 244 g/mol. The molecule has 0 bridgehead atoms. The molecule has 3 rings (SSSR count). The second-order valence-electron chi connectivity index (χ2n) is 5.45. The fraction of sp³-hybridized carbons (Fsp3) is 0.500. The third-order valence-corrected chi connectivity index (χ3v) is 3.91. The maximum absolute atomic E-state index is 12.4. The van der Waals surface area contributed by atoms with Gasteiger partial charge in [0, 0.05) is 25.3 Å². The van der Waals surface area contributed by atoms with Crippen molar-refractivity contribution < 1.29 is 14.3 Å². The molecule has 1 aromatic carbocycles. The van der Waals surface area contributed by atoms with Crippen LogP contribution in [0.4, 0.5) is 5.69 Å². The van der Waals surface area contributed by atoms with E-state index in [9.17, 15) is 4.79 Å². The first-order valence-corrected chi connectivity index (χ1v) is 6.51. The lowest BCUT2D eigenvalue weighted by Crippen LogP contribution is -2.29. The highest BCUT2D eigenvalue weighted by molar-refractivity contribution is 6.00. The van der Waals surface area contributed by atoms with Crippen molar-refractivity contribution in [3.63, 3.8) is 0 Å². The molecule has 0 radical (unpaired) electrons. The number of amides is 1. The Morgan fingerprint density at radius 1 is 1.42 bits per heavy atom. The summed E-state index contributed by atoms with van der Waals surface area (Å²) in [7, 11) is 1.82. The van der Waals surface area contributed by atoms with Crippen LogP contribution in [-0.4, -0.2) is 31.2 Å². The van der Waals surface area contributed by atoms with Crippen molar-refractivity contribution in [1.29, 1.82) is 0 Å². The number of nitrogens with two attached hydrogens (primary N) is 1. The normalized spacial score (nSPS) is 23.3. The van der Waals surface area contributed by atoms with Crippen molar-refractivity contribution in [3.05, 3.63) is 17.7 Å². The number of carbonyl (C=O) groups excluding carboxylic acids is 1. The van der Waals surface area contributed by atoms with Gasteiger partial charge in [0.05, 0.1) is 5.56 Å². The Morgan fingerprint density at radius 2 is 2.05 bits per heavy atom. The fourth-order valence-electron chi connectivity index (χ4n) is 2.44. The molecule has 2 unspecified atom stereocenters. The number of hydrogen-bond acceptors (Lipinski definition) is 4. The van der Waals surface area contributed by atoms with Gasteiger partial charge in [-0.2, -0.15) is 0 Å². The Balaban J connectivity index is 1.79. The maximum Gasteiger partial charge on any atom is 0.255 e. The van der Waals surface area contributed by atoms with E-state index in [2.05, 4.69) is 6.92 Å². The summed E-state index contributed by atoms with van der Waals surface area (Å²) in [5.74, 6) is 2.49. The zero-order valence-corrected chi connectivity index (χ0v) is 11.2. The summed E-state index contributed by atoms with van der Waals surface area (Å²) in [5.41, 5.74) is 6.84. The van der Waals surface area contributed by atoms with E-state index < -0.39 is 0 Å². The standard InChI is InChI=1S/C14H18N2O3/c1-8-3-9(8)6-16(2)14(17)10-4-12-13(5-11(10)15)19-7-18-12/h4-5,8-9H,3,6-7,15H2,1-2H3. The molecular formula is C14H18N2O3. The van der Waals surface area contributed by atoms with Crippen molar-refractivity contribution in [3.8, 4) is 11.5 Å². The summed E-state index contributed by atoms with van der Waals surface area (Å²) >= 11 is 0. The quantitative estimate of drug-likeness (QED) is 0.842. The Morgan fingerprint density at radius 3 is 2.68 bits per heavy atom. The van der Waals surface area contributed by atoms with Gasteiger partial charge >= 0.3 is 0 Å². The average Bonchev–Trinajstić information content (AvgIpc) is 2.89. The molecule has 102 valence electrons. The topological polar surface area (TPSA) is 64.8 Å². The van der Waals surface area contributed by atoms with Crippen LogP contribution in [0.15, 0.2) is 12.1 Å². The number of nitrogens with zero attached hydrogens (tertiary/aromatic N) is 1. The van der Waals surface area contributed by atoms with Crippen LogP contribution < -0.4 is 15.2 Å². The van der Waals surface area contributed by atoms with Crippen LogP contribution in [0.3, 0.4) is 0 Å². The first-order chi connectivity index (χ1) is 9.06. The Hall–Kier alpha value is -1.91. The van der Waals surface area contributed by atoms with Gasteiger partial charge in [0.2, 0.25) is 6.79 Å². The number of fused-ring (bicyclic) bond motifs is 1. The van der Waals surface area contributed by atoms with E-state index in [0.717, 1.165) is 12.5 Å². The van der Waals surface area contributed by atoms with Crippen LogP contribution in [0.25, 0.3) is 0 Å². The molecule has 1 heterocycles. The molecule has 2 N–H and O–H groups in total. The maximum atomic E-state index is 12.4. The summed E-state index contributed by atoms with van der Waals surface area (Å²) in [6.45, 7) is 3.17. The second kappa shape index (κ2) is 4.33. The van der Waals surface area contributed by atoms with E-state index in [0.29, 0.717) is 28.7 Å². The minimum Gasteiger partial charge on any atom is -0.454 e. The molecule has 2 aliphatic rings. The molecule has 5 nitrogen and oxygen atoms in total.